The van der Waals surface area contributed by atoms with Crippen LogP contribution in [0.25, 0.3) is 6.08 Å². The maximum atomic E-state index is 13.5. The predicted molar refractivity (Wildman–Crippen MR) is 113 cm³/mol. The normalized spacial score (nSPS) is 29.9. The van der Waals surface area contributed by atoms with E-state index in [1.807, 2.05) is 16.7 Å². The smallest absolute Gasteiger partial charge is 0.273 e. The molecule has 3 fully saturated rings. The third-order valence-electron chi connectivity index (χ3n) is 7.64. The Morgan fingerprint density at radius 2 is 1.97 bits per heavy atom. The molecule has 1 spiro atoms. The molecule has 3 saturated carbocycles. The maximum Gasteiger partial charge on any atom is 0.273 e. The summed E-state index contributed by atoms with van der Waals surface area (Å²) in [4.78, 5) is 13.8. The zero-order chi connectivity index (χ0) is 20.6. The summed E-state index contributed by atoms with van der Waals surface area (Å²) >= 11 is 8.17. The van der Waals surface area contributed by atoms with Gasteiger partial charge in [0.2, 0.25) is 0 Å². The second kappa shape index (κ2) is 6.58. The Balaban J connectivity index is 1.23. The highest BCUT2D eigenvalue weighted by molar-refractivity contribution is 7.97. The summed E-state index contributed by atoms with van der Waals surface area (Å²) in [5.41, 5.74) is 2.06. The van der Waals surface area contributed by atoms with Crippen LogP contribution in [0.4, 0.5) is 14.5 Å². The second-order valence-electron chi connectivity index (χ2n) is 8.74. The van der Waals surface area contributed by atoms with Gasteiger partial charge in [-0.05, 0) is 73.1 Å². The number of aromatic nitrogens is 1. The SMILES string of the molecule is O=C(Nc1ccc(F)c(F)c1)c1c(Cl)c(SNC2C3CCC34CCC24)c2n1CC=C2. The number of hydrogen-bond acceptors (Lipinski definition) is 3. The lowest BCUT2D eigenvalue weighted by Crippen LogP contribution is -2.74. The summed E-state index contributed by atoms with van der Waals surface area (Å²) in [6.45, 7) is 0.550. The Morgan fingerprint density at radius 3 is 2.63 bits per heavy atom. The zero-order valence-electron chi connectivity index (χ0n) is 16.1. The first kappa shape index (κ1) is 18.9. The van der Waals surface area contributed by atoms with Crippen molar-refractivity contribution in [3.63, 3.8) is 0 Å². The third-order valence-corrected chi connectivity index (χ3v) is 9.13. The summed E-state index contributed by atoms with van der Waals surface area (Å²) in [5, 5.41) is 3.02. The van der Waals surface area contributed by atoms with E-state index in [0.717, 1.165) is 34.6 Å². The quantitative estimate of drug-likeness (QED) is 0.596. The van der Waals surface area contributed by atoms with Gasteiger partial charge in [0.1, 0.15) is 5.69 Å². The lowest BCUT2D eigenvalue weighted by molar-refractivity contribution is -0.235. The van der Waals surface area contributed by atoms with E-state index in [1.54, 1.807) is 0 Å². The van der Waals surface area contributed by atoms with Crippen molar-refractivity contribution in [2.75, 3.05) is 5.32 Å². The molecule has 8 heteroatoms. The number of allylic oxidation sites excluding steroid dienone is 1. The molecule has 4 nitrogen and oxygen atoms in total. The minimum Gasteiger partial charge on any atom is -0.331 e. The van der Waals surface area contributed by atoms with Crippen molar-refractivity contribution in [1.82, 2.24) is 9.29 Å². The van der Waals surface area contributed by atoms with Crippen LogP contribution in [0.15, 0.2) is 29.2 Å². The van der Waals surface area contributed by atoms with Crippen LogP contribution in [0.2, 0.25) is 5.02 Å². The van der Waals surface area contributed by atoms with Crippen LogP contribution in [0.1, 0.15) is 41.9 Å². The molecule has 156 valence electrons. The fourth-order valence-corrected chi connectivity index (χ4v) is 7.40. The fourth-order valence-electron chi connectivity index (χ4n) is 5.95. The molecule has 2 heterocycles. The molecule has 0 bridgehead atoms. The molecule has 4 aliphatic rings. The van der Waals surface area contributed by atoms with Gasteiger partial charge in [0.15, 0.2) is 11.6 Å². The van der Waals surface area contributed by atoms with Gasteiger partial charge in [-0.15, -0.1) is 0 Å². The molecular weight excluding hydrogens is 428 g/mol. The van der Waals surface area contributed by atoms with E-state index >= 15 is 0 Å². The number of carbonyl (C=O) groups is 1. The summed E-state index contributed by atoms with van der Waals surface area (Å²) in [6, 6.07) is 3.80. The number of amides is 1. The molecule has 0 saturated heterocycles. The van der Waals surface area contributed by atoms with Crippen molar-refractivity contribution in [2.24, 2.45) is 17.3 Å². The van der Waals surface area contributed by atoms with Crippen LogP contribution in [-0.2, 0) is 6.54 Å². The highest BCUT2D eigenvalue weighted by Gasteiger charge is 2.70. The van der Waals surface area contributed by atoms with Crippen molar-refractivity contribution >= 4 is 41.2 Å². The van der Waals surface area contributed by atoms with Crippen LogP contribution in [0, 0.1) is 28.9 Å². The number of carbonyl (C=O) groups excluding carboxylic acids is 1. The van der Waals surface area contributed by atoms with Crippen molar-refractivity contribution in [2.45, 2.75) is 43.2 Å². The molecule has 1 aliphatic heterocycles. The van der Waals surface area contributed by atoms with Crippen LogP contribution < -0.4 is 10.0 Å². The monoisotopic (exact) mass is 447 g/mol. The Bertz CT molecular complexity index is 1100. The summed E-state index contributed by atoms with van der Waals surface area (Å²) in [6.07, 6.45) is 9.32. The number of benzene rings is 1. The first-order chi connectivity index (χ1) is 14.5. The number of halogens is 3. The highest BCUT2D eigenvalue weighted by atomic mass is 35.5. The Hall–Kier alpha value is -1.83. The van der Waals surface area contributed by atoms with E-state index in [0.29, 0.717) is 28.7 Å². The van der Waals surface area contributed by atoms with Gasteiger partial charge >= 0.3 is 0 Å². The molecule has 6 rings (SSSR count). The zero-order valence-corrected chi connectivity index (χ0v) is 17.6. The van der Waals surface area contributed by atoms with Gasteiger partial charge in [0.05, 0.1) is 15.6 Å². The lowest BCUT2D eigenvalue weighted by atomic mass is 9.32. The van der Waals surface area contributed by atoms with Gasteiger partial charge in [0.25, 0.3) is 5.91 Å². The average molecular weight is 448 g/mol. The number of nitrogens with one attached hydrogen (secondary N) is 2. The van der Waals surface area contributed by atoms with E-state index < -0.39 is 17.5 Å². The van der Waals surface area contributed by atoms with Crippen LogP contribution in [-0.4, -0.2) is 16.5 Å². The van der Waals surface area contributed by atoms with Gasteiger partial charge in [-0.25, -0.2) is 8.78 Å². The molecule has 30 heavy (non-hydrogen) atoms. The van der Waals surface area contributed by atoms with E-state index in [9.17, 15) is 13.6 Å². The molecule has 2 unspecified atom stereocenters. The van der Waals surface area contributed by atoms with Crippen molar-refractivity contribution in [1.29, 1.82) is 0 Å². The molecule has 2 N–H and O–H groups in total. The second-order valence-corrected chi connectivity index (χ2v) is 9.97. The Kier molecular flexibility index (Phi) is 4.15. The summed E-state index contributed by atoms with van der Waals surface area (Å²) in [7, 11) is 0. The third kappa shape index (κ3) is 2.46. The Labute approximate surface area is 182 Å². The summed E-state index contributed by atoms with van der Waals surface area (Å²) in [5.74, 6) is -0.843. The van der Waals surface area contributed by atoms with Gasteiger partial charge in [-0.3, -0.25) is 9.52 Å². The van der Waals surface area contributed by atoms with Crippen LogP contribution in [0.5, 0.6) is 0 Å². The topological polar surface area (TPSA) is 46.1 Å². The van der Waals surface area contributed by atoms with Crippen molar-refractivity contribution < 1.29 is 13.6 Å². The van der Waals surface area contributed by atoms with Crippen molar-refractivity contribution in [3.8, 4) is 0 Å². The van der Waals surface area contributed by atoms with Gasteiger partial charge in [-0.2, -0.15) is 0 Å². The average Bonchev–Trinajstić information content (AvgIpc) is 3.21. The number of fused-ring (bicyclic) bond motifs is 1. The number of hydrogen-bond donors (Lipinski definition) is 2. The Morgan fingerprint density at radius 1 is 1.20 bits per heavy atom. The van der Waals surface area contributed by atoms with E-state index in [4.69, 9.17) is 11.6 Å². The molecule has 1 aromatic heterocycles. The molecule has 3 aliphatic carbocycles. The van der Waals surface area contributed by atoms with Crippen LogP contribution >= 0.6 is 23.5 Å². The van der Waals surface area contributed by atoms with Gasteiger partial charge < -0.3 is 9.88 Å². The predicted octanol–water partition coefficient (Wildman–Crippen LogP) is 5.48. The fraction of sp³-hybridized carbons (Fsp3) is 0.409. The molecule has 1 aromatic carbocycles. The van der Waals surface area contributed by atoms with Crippen molar-refractivity contribution in [3.05, 3.63) is 52.3 Å². The largest absolute Gasteiger partial charge is 0.331 e. The maximum absolute atomic E-state index is 13.5. The van der Waals surface area contributed by atoms with E-state index in [-0.39, 0.29) is 5.69 Å². The molecule has 1 amide bonds. The van der Waals surface area contributed by atoms with Crippen LogP contribution in [0.3, 0.4) is 0 Å². The van der Waals surface area contributed by atoms with E-state index in [1.165, 1.54) is 43.7 Å². The first-order valence-electron chi connectivity index (χ1n) is 10.3. The molecule has 2 atom stereocenters. The number of rotatable bonds is 5. The molecule has 0 radical (unpaired) electrons. The minimum absolute atomic E-state index is 0.185. The number of nitrogens with zero attached hydrogens (tertiary/aromatic N) is 1. The highest BCUT2D eigenvalue weighted by Crippen LogP contribution is 2.74. The lowest BCUT2D eigenvalue weighted by Gasteiger charge is -2.75. The molecule has 2 aromatic rings. The van der Waals surface area contributed by atoms with Gasteiger partial charge in [0, 0.05) is 24.3 Å². The molecular formula is C22H20ClF2N3OS. The standard InChI is InChI=1S/C22H20ClF2N3OS/c23-17-19(21(29)26-11-3-4-14(24)15(25)10-11)28-9-1-2-16(28)20(17)30-27-18-12-5-7-22(12)8-6-13(18)22/h1-4,10,12-13,18,27H,5-9H2,(H,26,29). The summed E-state index contributed by atoms with van der Waals surface area (Å²) < 4.78 is 32.2. The van der Waals surface area contributed by atoms with Gasteiger partial charge in [-0.1, -0.05) is 17.7 Å². The number of anilines is 1. The first-order valence-corrected chi connectivity index (χ1v) is 11.5. The van der Waals surface area contributed by atoms with E-state index in [2.05, 4.69) is 10.0 Å². The minimum atomic E-state index is -1.01.